The van der Waals surface area contributed by atoms with Crippen molar-refractivity contribution in [3.05, 3.63) is 119 Å². The maximum Gasteiger partial charge on any atom is 0.337 e. The molecule has 37 heavy (non-hydrogen) atoms. The van der Waals surface area contributed by atoms with Crippen molar-refractivity contribution in [1.29, 1.82) is 0 Å². The van der Waals surface area contributed by atoms with Gasteiger partial charge < -0.3 is 10.0 Å². The summed E-state index contributed by atoms with van der Waals surface area (Å²) in [4.78, 5) is 31.6. The Kier molecular flexibility index (Phi) is 6.49. The molecule has 2 aromatic heterocycles. The van der Waals surface area contributed by atoms with Gasteiger partial charge in [0.15, 0.2) is 0 Å². The van der Waals surface area contributed by atoms with E-state index in [2.05, 4.69) is 15.3 Å². The van der Waals surface area contributed by atoms with Gasteiger partial charge in [-0.2, -0.15) is 0 Å². The second kappa shape index (κ2) is 10.0. The number of hydrogen-bond donors (Lipinski definition) is 1. The monoisotopic (exact) mass is 509 g/mol. The van der Waals surface area contributed by atoms with Crippen LogP contribution in [0.25, 0.3) is 16.9 Å². The minimum Gasteiger partial charge on any atom is -0.478 e. The van der Waals surface area contributed by atoms with Crippen LogP contribution in [0.5, 0.6) is 0 Å². The predicted octanol–water partition coefficient (Wildman–Crippen LogP) is 5.68. The predicted molar refractivity (Wildman–Crippen MR) is 141 cm³/mol. The summed E-state index contributed by atoms with van der Waals surface area (Å²) >= 11 is 5.97. The third-order valence-corrected chi connectivity index (χ3v) is 6.17. The molecule has 0 saturated heterocycles. The van der Waals surface area contributed by atoms with Crippen LogP contribution in [0.4, 0.5) is 11.4 Å². The lowest BCUT2D eigenvalue weighted by Crippen LogP contribution is -2.12. The minimum absolute atomic E-state index is 0.0763. The lowest BCUT2D eigenvalue weighted by atomic mass is 10.0. The van der Waals surface area contributed by atoms with Crippen LogP contribution >= 0.6 is 11.6 Å². The topological polar surface area (TPSA) is 101 Å². The second-order valence-electron chi connectivity index (χ2n) is 8.20. The summed E-state index contributed by atoms with van der Waals surface area (Å²) in [5.74, 6) is -1.58. The zero-order valence-corrected chi connectivity index (χ0v) is 20.4. The van der Waals surface area contributed by atoms with Crippen LogP contribution in [0.2, 0.25) is 5.02 Å². The second-order valence-corrected chi connectivity index (χ2v) is 8.64. The quantitative estimate of drug-likeness (QED) is 0.282. The number of halogens is 1. The number of rotatable bonds is 7. The molecule has 0 aliphatic rings. The third kappa shape index (κ3) is 4.82. The Morgan fingerprint density at radius 3 is 2.30 bits per heavy atom. The molecule has 0 saturated carbocycles. The first-order chi connectivity index (χ1) is 17.9. The first kappa shape index (κ1) is 23.9. The maximum atomic E-state index is 13.2. The molecule has 0 fully saturated rings. The molecule has 3 aromatic carbocycles. The number of hydrogen-bond acceptors (Lipinski definition) is 6. The van der Waals surface area contributed by atoms with E-state index in [1.54, 1.807) is 48.8 Å². The number of ketones is 1. The van der Waals surface area contributed by atoms with Gasteiger partial charge in [-0.25, -0.2) is 9.48 Å². The number of carboxylic acids is 1. The van der Waals surface area contributed by atoms with Crippen molar-refractivity contribution in [3.63, 3.8) is 0 Å². The average Bonchev–Trinajstić information content (AvgIpc) is 3.43. The van der Waals surface area contributed by atoms with Gasteiger partial charge in [0.2, 0.25) is 5.78 Å². The molecule has 1 N–H and O–H groups in total. The van der Waals surface area contributed by atoms with E-state index in [0.717, 1.165) is 16.9 Å². The number of carboxylic acid groups (broad SMARTS) is 1. The highest BCUT2D eigenvalue weighted by Crippen LogP contribution is 2.27. The van der Waals surface area contributed by atoms with Gasteiger partial charge in [-0.15, -0.1) is 5.10 Å². The normalized spacial score (nSPS) is 10.8. The largest absolute Gasteiger partial charge is 0.478 e. The zero-order valence-electron chi connectivity index (χ0n) is 19.6. The number of pyridine rings is 1. The first-order valence-corrected chi connectivity index (χ1v) is 11.6. The highest BCUT2D eigenvalue weighted by atomic mass is 35.5. The van der Waals surface area contributed by atoms with E-state index in [4.69, 9.17) is 11.6 Å². The number of aromatic carboxylic acids is 1. The molecule has 0 aliphatic carbocycles. The summed E-state index contributed by atoms with van der Waals surface area (Å²) in [6.07, 6.45) is 3.16. The molecular formula is C28H20ClN5O3. The van der Waals surface area contributed by atoms with Crippen LogP contribution in [-0.2, 0) is 0 Å². The Morgan fingerprint density at radius 2 is 1.62 bits per heavy atom. The molecule has 0 radical (unpaired) electrons. The molecule has 5 rings (SSSR count). The van der Waals surface area contributed by atoms with Gasteiger partial charge in [0.25, 0.3) is 0 Å². The Bertz CT molecular complexity index is 1580. The Hall–Kier alpha value is -4.82. The molecule has 0 atom stereocenters. The molecule has 0 bridgehead atoms. The smallest absolute Gasteiger partial charge is 0.337 e. The van der Waals surface area contributed by atoms with Gasteiger partial charge in [-0.1, -0.05) is 47.1 Å². The van der Waals surface area contributed by atoms with Gasteiger partial charge in [-0.3, -0.25) is 9.78 Å². The lowest BCUT2D eigenvalue weighted by molar-refractivity contribution is 0.0696. The fraction of sp³-hybridized carbons (Fsp3) is 0.0357. The molecule has 0 amide bonds. The Balaban J connectivity index is 1.44. The summed E-state index contributed by atoms with van der Waals surface area (Å²) in [6, 6.07) is 24.6. The van der Waals surface area contributed by atoms with Crippen LogP contribution in [0.1, 0.15) is 26.4 Å². The van der Waals surface area contributed by atoms with Crippen molar-refractivity contribution < 1.29 is 14.7 Å². The number of aromatic nitrogens is 4. The summed E-state index contributed by atoms with van der Waals surface area (Å²) < 4.78 is 1.45. The summed E-state index contributed by atoms with van der Waals surface area (Å²) in [5.41, 5.74) is 3.77. The summed E-state index contributed by atoms with van der Waals surface area (Å²) in [7, 11) is 1.88. The number of carbonyl (C=O) groups excluding carboxylic acids is 1. The molecule has 182 valence electrons. The van der Waals surface area contributed by atoms with E-state index in [0.29, 0.717) is 16.4 Å². The van der Waals surface area contributed by atoms with E-state index >= 15 is 0 Å². The van der Waals surface area contributed by atoms with E-state index in [-0.39, 0.29) is 16.8 Å². The van der Waals surface area contributed by atoms with Crippen molar-refractivity contribution in [3.8, 4) is 16.9 Å². The Morgan fingerprint density at radius 1 is 0.892 bits per heavy atom. The fourth-order valence-electron chi connectivity index (χ4n) is 3.93. The highest BCUT2D eigenvalue weighted by Gasteiger charge is 2.20. The fourth-order valence-corrected chi connectivity index (χ4v) is 4.06. The number of carbonyl (C=O) groups is 2. The zero-order chi connectivity index (χ0) is 25.9. The molecule has 5 aromatic rings. The Labute approximate surface area is 217 Å². The maximum absolute atomic E-state index is 13.2. The average molecular weight is 510 g/mol. The van der Waals surface area contributed by atoms with Gasteiger partial charge in [0.1, 0.15) is 5.69 Å². The van der Waals surface area contributed by atoms with Crippen molar-refractivity contribution in [1.82, 2.24) is 20.0 Å². The SMILES string of the molecule is CN(c1ccc(Cl)cc1)c1ccc(C(=O)c2ccc(-n3nncc3-c3ccccc3)c(C(=O)O)c2)nc1. The molecule has 8 nitrogen and oxygen atoms in total. The van der Waals surface area contributed by atoms with Crippen molar-refractivity contribution >= 4 is 34.7 Å². The lowest BCUT2D eigenvalue weighted by Gasteiger charge is -2.19. The summed E-state index contributed by atoms with van der Waals surface area (Å²) in [6.45, 7) is 0. The van der Waals surface area contributed by atoms with Crippen molar-refractivity contribution in [2.75, 3.05) is 11.9 Å². The van der Waals surface area contributed by atoms with E-state index in [1.165, 1.54) is 10.7 Å². The van der Waals surface area contributed by atoms with E-state index in [1.807, 2.05) is 54.4 Å². The van der Waals surface area contributed by atoms with Crippen LogP contribution < -0.4 is 4.90 Å². The van der Waals surface area contributed by atoms with Crippen LogP contribution in [-0.4, -0.2) is 43.9 Å². The summed E-state index contributed by atoms with van der Waals surface area (Å²) in [5, 5.41) is 18.6. The molecule has 0 spiro atoms. The van der Waals surface area contributed by atoms with Crippen molar-refractivity contribution in [2.24, 2.45) is 0 Å². The highest BCUT2D eigenvalue weighted by molar-refractivity contribution is 6.30. The van der Waals surface area contributed by atoms with Crippen LogP contribution in [0.15, 0.2) is 97.3 Å². The van der Waals surface area contributed by atoms with Gasteiger partial charge in [0.05, 0.1) is 35.0 Å². The molecule has 0 unspecified atom stereocenters. The van der Waals surface area contributed by atoms with Gasteiger partial charge >= 0.3 is 5.97 Å². The van der Waals surface area contributed by atoms with Crippen molar-refractivity contribution in [2.45, 2.75) is 0 Å². The van der Waals surface area contributed by atoms with Gasteiger partial charge in [0, 0.05) is 28.9 Å². The molecular weight excluding hydrogens is 490 g/mol. The molecule has 0 aliphatic heterocycles. The number of benzene rings is 3. The number of nitrogens with zero attached hydrogens (tertiary/aromatic N) is 5. The minimum atomic E-state index is -1.19. The molecule has 2 heterocycles. The third-order valence-electron chi connectivity index (χ3n) is 5.92. The van der Waals surface area contributed by atoms with E-state index < -0.39 is 11.8 Å². The molecule has 9 heteroatoms. The van der Waals surface area contributed by atoms with E-state index in [9.17, 15) is 14.7 Å². The number of anilines is 2. The van der Waals surface area contributed by atoms with Crippen LogP contribution in [0.3, 0.4) is 0 Å². The van der Waals surface area contributed by atoms with Gasteiger partial charge in [-0.05, 0) is 54.6 Å². The van der Waals surface area contributed by atoms with Crippen LogP contribution in [0, 0.1) is 0 Å². The first-order valence-electron chi connectivity index (χ1n) is 11.3. The standard InChI is InChI=1S/C28H20ClN5O3/c1-33(21-10-8-20(29)9-11-21)22-12-13-24(30-16-22)27(35)19-7-14-25(23(15-19)28(36)37)34-26(17-31-32-34)18-5-3-2-4-6-18/h2-17H,1H3,(H,36,37).